The van der Waals surface area contributed by atoms with Gasteiger partial charge in [0.15, 0.2) is 0 Å². The first-order valence-corrected chi connectivity index (χ1v) is 6.03. The average molecular weight is 286 g/mol. The van der Waals surface area contributed by atoms with Gasteiger partial charge in [0.05, 0.1) is 6.61 Å². The number of benzene rings is 1. The molecule has 0 bridgehead atoms. The summed E-state index contributed by atoms with van der Waals surface area (Å²) in [5.41, 5.74) is 2.04. The molecule has 0 aliphatic rings. The molecule has 0 aliphatic heterocycles. The van der Waals surface area contributed by atoms with E-state index >= 15 is 0 Å². The summed E-state index contributed by atoms with van der Waals surface area (Å²) < 4.78 is 5.87. The summed E-state index contributed by atoms with van der Waals surface area (Å²) >= 11 is 3.43. The molecule has 0 saturated heterocycles. The molecular formula is C12H16BrNO2. The first kappa shape index (κ1) is 13.0. The zero-order chi connectivity index (χ0) is 12.1. The first-order chi connectivity index (χ1) is 7.54. The molecule has 4 heteroatoms. The summed E-state index contributed by atoms with van der Waals surface area (Å²) in [6.07, 6.45) is 0. The molecule has 0 aromatic heterocycles. The summed E-state index contributed by atoms with van der Waals surface area (Å²) in [5, 5.41) is 3.11. The number of halogens is 1. The fourth-order valence-electron chi connectivity index (χ4n) is 1.31. The minimum absolute atomic E-state index is 0.240. The molecule has 0 spiro atoms. The molecule has 1 unspecified atom stereocenters. The second kappa shape index (κ2) is 5.89. The van der Waals surface area contributed by atoms with Crippen LogP contribution in [0, 0.1) is 6.92 Å². The third-order valence-corrected chi connectivity index (χ3v) is 2.83. The minimum atomic E-state index is -0.349. The van der Waals surface area contributed by atoms with Crippen molar-refractivity contribution in [2.75, 3.05) is 11.9 Å². The van der Waals surface area contributed by atoms with Crippen LogP contribution < -0.4 is 5.32 Å². The molecule has 1 aromatic carbocycles. The lowest BCUT2D eigenvalue weighted by Gasteiger charge is -2.15. The smallest absolute Gasteiger partial charge is 0.328 e. The van der Waals surface area contributed by atoms with Crippen LogP contribution in [-0.2, 0) is 9.53 Å². The number of anilines is 1. The van der Waals surface area contributed by atoms with Crippen LogP contribution in [0.2, 0.25) is 0 Å². The molecule has 88 valence electrons. The van der Waals surface area contributed by atoms with Crippen molar-refractivity contribution in [2.24, 2.45) is 0 Å². The van der Waals surface area contributed by atoms with Gasteiger partial charge in [0.25, 0.3) is 0 Å². The second-order valence-corrected chi connectivity index (χ2v) is 4.46. The molecule has 0 amide bonds. The number of aryl methyl sites for hydroxylation is 1. The Balaban J connectivity index is 2.72. The van der Waals surface area contributed by atoms with Crippen molar-refractivity contribution in [1.29, 1.82) is 0 Å². The number of rotatable bonds is 4. The number of carbonyl (C=O) groups is 1. The summed E-state index contributed by atoms with van der Waals surface area (Å²) in [5.74, 6) is -0.240. The summed E-state index contributed by atoms with van der Waals surface area (Å²) in [6, 6.07) is 5.60. The van der Waals surface area contributed by atoms with Crippen molar-refractivity contribution < 1.29 is 9.53 Å². The number of esters is 1. The van der Waals surface area contributed by atoms with Crippen LogP contribution in [0.15, 0.2) is 22.7 Å². The molecule has 1 atom stereocenters. The highest BCUT2D eigenvalue weighted by molar-refractivity contribution is 9.10. The van der Waals surface area contributed by atoms with Gasteiger partial charge in [0.2, 0.25) is 0 Å². The number of ether oxygens (including phenoxy) is 1. The highest BCUT2D eigenvalue weighted by atomic mass is 79.9. The van der Waals surface area contributed by atoms with Crippen molar-refractivity contribution in [3.63, 3.8) is 0 Å². The number of hydrogen-bond acceptors (Lipinski definition) is 3. The van der Waals surface area contributed by atoms with Gasteiger partial charge in [-0.3, -0.25) is 0 Å². The van der Waals surface area contributed by atoms with Gasteiger partial charge < -0.3 is 10.1 Å². The summed E-state index contributed by atoms with van der Waals surface area (Å²) in [6.45, 7) is 5.99. The SMILES string of the molecule is CCOC(=O)C(C)Nc1cc(C)ccc1Br. The Bertz CT molecular complexity index is 379. The van der Waals surface area contributed by atoms with Crippen LogP contribution in [0.3, 0.4) is 0 Å². The van der Waals surface area contributed by atoms with Crippen molar-refractivity contribution >= 4 is 27.6 Å². The van der Waals surface area contributed by atoms with Crippen molar-refractivity contribution in [2.45, 2.75) is 26.8 Å². The molecule has 3 nitrogen and oxygen atoms in total. The molecule has 0 radical (unpaired) electrons. The third kappa shape index (κ3) is 3.52. The summed E-state index contributed by atoms with van der Waals surface area (Å²) in [7, 11) is 0. The van der Waals surface area contributed by atoms with Crippen molar-refractivity contribution in [1.82, 2.24) is 0 Å². The molecule has 1 rings (SSSR count). The lowest BCUT2D eigenvalue weighted by Crippen LogP contribution is -2.28. The van der Waals surface area contributed by atoms with Gasteiger partial charge in [0, 0.05) is 10.2 Å². The maximum atomic E-state index is 11.4. The van der Waals surface area contributed by atoms with Crippen molar-refractivity contribution in [3.8, 4) is 0 Å². The van der Waals surface area contributed by atoms with Crippen LogP contribution in [0.4, 0.5) is 5.69 Å². The van der Waals surface area contributed by atoms with Gasteiger partial charge in [-0.2, -0.15) is 0 Å². The predicted molar refractivity (Wildman–Crippen MR) is 68.6 cm³/mol. The Morgan fingerprint density at radius 3 is 2.88 bits per heavy atom. The average Bonchev–Trinajstić information content (AvgIpc) is 2.23. The van der Waals surface area contributed by atoms with Gasteiger partial charge >= 0.3 is 5.97 Å². The van der Waals surface area contributed by atoms with Gasteiger partial charge in [0.1, 0.15) is 6.04 Å². The normalized spacial score (nSPS) is 12.0. The van der Waals surface area contributed by atoms with Gasteiger partial charge in [-0.1, -0.05) is 6.07 Å². The van der Waals surface area contributed by atoms with Gasteiger partial charge in [-0.05, 0) is 54.4 Å². The van der Waals surface area contributed by atoms with E-state index in [1.807, 2.05) is 25.1 Å². The van der Waals surface area contributed by atoms with E-state index in [1.54, 1.807) is 13.8 Å². The van der Waals surface area contributed by atoms with Gasteiger partial charge in [-0.25, -0.2) is 4.79 Å². The zero-order valence-corrected chi connectivity index (χ0v) is 11.3. The predicted octanol–water partition coefficient (Wildman–Crippen LogP) is 3.12. The maximum absolute atomic E-state index is 11.4. The lowest BCUT2D eigenvalue weighted by molar-refractivity contribution is -0.143. The maximum Gasteiger partial charge on any atom is 0.328 e. The molecule has 1 N–H and O–H groups in total. The Morgan fingerprint density at radius 2 is 2.25 bits per heavy atom. The Kier molecular flexibility index (Phi) is 4.80. The summed E-state index contributed by atoms with van der Waals surface area (Å²) in [4.78, 5) is 11.4. The Morgan fingerprint density at radius 1 is 1.56 bits per heavy atom. The molecule has 0 fully saturated rings. The highest BCUT2D eigenvalue weighted by Gasteiger charge is 2.14. The molecule has 1 aromatic rings. The quantitative estimate of drug-likeness (QED) is 0.864. The first-order valence-electron chi connectivity index (χ1n) is 5.24. The molecular weight excluding hydrogens is 270 g/mol. The largest absolute Gasteiger partial charge is 0.464 e. The minimum Gasteiger partial charge on any atom is -0.464 e. The molecule has 0 saturated carbocycles. The third-order valence-electron chi connectivity index (χ3n) is 2.13. The van der Waals surface area contributed by atoms with Crippen LogP contribution in [0.5, 0.6) is 0 Å². The highest BCUT2D eigenvalue weighted by Crippen LogP contribution is 2.24. The van der Waals surface area contributed by atoms with Crippen LogP contribution >= 0.6 is 15.9 Å². The van der Waals surface area contributed by atoms with Crippen LogP contribution in [-0.4, -0.2) is 18.6 Å². The van der Waals surface area contributed by atoms with E-state index in [0.717, 1.165) is 15.7 Å². The van der Waals surface area contributed by atoms with Crippen LogP contribution in [0.1, 0.15) is 19.4 Å². The molecule has 0 aliphatic carbocycles. The Labute approximate surface area is 104 Å². The fraction of sp³-hybridized carbons (Fsp3) is 0.417. The molecule has 0 heterocycles. The number of hydrogen-bond donors (Lipinski definition) is 1. The van der Waals surface area contributed by atoms with Crippen molar-refractivity contribution in [3.05, 3.63) is 28.2 Å². The topological polar surface area (TPSA) is 38.3 Å². The van der Waals surface area contributed by atoms with E-state index in [0.29, 0.717) is 6.61 Å². The van der Waals surface area contributed by atoms with E-state index in [9.17, 15) is 4.79 Å². The lowest BCUT2D eigenvalue weighted by atomic mass is 10.2. The van der Waals surface area contributed by atoms with E-state index in [4.69, 9.17) is 4.74 Å². The number of nitrogens with one attached hydrogen (secondary N) is 1. The molecule has 16 heavy (non-hydrogen) atoms. The second-order valence-electron chi connectivity index (χ2n) is 3.60. The standard InChI is InChI=1S/C12H16BrNO2/c1-4-16-12(15)9(3)14-11-7-8(2)5-6-10(11)13/h5-7,9,14H,4H2,1-3H3. The van der Waals surface area contributed by atoms with Gasteiger partial charge in [-0.15, -0.1) is 0 Å². The van der Waals surface area contributed by atoms with Crippen LogP contribution in [0.25, 0.3) is 0 Å². The van der Waals surface area contributed by atoms with E-state index < -0.39 is 0 Å². The van der Waals surface area contributed by atoms with E-state index in [-0.39, 0.29) is 12.0 Å². The van der Waals surface area contributed by atoms with E-state index in [2.05, 4.69) is 21.2 Å². The van der Waals surface area contributed by atoms with E-state index in [1.165, 1.54) is 0 Å². The zero-order valence-electron chi connectivity index (χ0n) is 9.71. The number of carbonyl (C=O) groups excluding carboxylic acids is 1. The Hall–Kier alpha value is -1.03. The monoisotopic (exact) mass is 285 g/mol. The fourth-order valence-corrected chi connectivity index (χ4v) is 1.67.